The molecule has 0 unspecified atom stereocenters. The molecule has 0 aliphatic heterocycles. The molecule has 1 rings (SSSR count). The van der Waals surface area contributed by atoms with E-state index in [0.29, 0.717) is 11.0 Å². The van der Waals surface area contributed by atoms with Gasteiger partial charge in [0.05, 0.1) is 0 Å². The molecule has 0 bridgehead atoms. The lowest BCUT2D eigenvalue weighted by molar-refractivity contribution is 0.791. The Hall–Kier alpha value is -0.290. The van der Waals surface area contributed by atoms with E-state index in [9.17, 15) is 0 Å². The Balaban J connectivity index is 2.90. The van der Waals surface area contributed by atoms with Crippen molar-refractivity contribution in [3.05, 3.63) is 10.7 Å². The van der Waals surface area contributed by atoms with Gasteiger partial charge in [0.2, 0.25) is 0 Å². The molecular weight excluding hydrogens is 250 g/mol. The summed E-state index contributed by atoms with van der Waals surface area (Å²) in [5, 5.41) is 0.708. The normalized spacial score (nSPS) is 11.7. The topological polar surface area (TPSA) is 51.8 Å². The van der Waals surface area contributed by atoms with E-state index >= 15 is 0 Å². The van der Waals surface area contributed by atoms with Crippen LogP contribution in [0.1, 0.15) is 20.8 Å². The number of halogens is 1. The molecule has 1 heterocycles. The van der Waals surface area contributed by atoms with Crippen molar-refractivity contribution in [3.8, 4) is 0 Å². The summed E-state index contributed by atoms with van der Waals surface area (Å²) in [5.74, 6) is 0.494. The van der Waals surface area contributed by atoms with E-state index in [1.54, 1.807) is 17.8 Å². The maximum Gasteiger partial charge on any atom is 0.191 e. The van der Waals surface area contributed by atoms with E-state index in [1.165, 1.54) is 0 Å². The van der Waals surface area contributed by atoms with Gasteiger partial charge in [-0.15, -0.1) is 0 Å². The Morgan fingerprint density at radius 1 is 1.38 bits per heavy atom. The molecule has 0 aliphatic carbocycles. The highest BCUT2D eigenvalue weighted by Crippen LogP contribution is 2.30. The predicted octanol–water partition coefficient (Wildman–Crippen LogP) is 2.71. The largest absolute Gasteiger partial charge is 0.384 e. The molecule has 13 heavy (non-hydrogen) atoms. The first-order chi connectivity index (χ1) is 5.87. The fourth-order valence-corrected chi connectivity index (χ4v) is 2.10. The summed E-state index contributed by atoms with van der Waals surface area (Å²) in [5.41, 5.74) is 5.58. The highest BCUT2D eigenvalue weighted by atomic mass is 79.9. The van der Waals surface area contributed by atoms with Crippen molar-refractivity contribution in [2.45, 2.75) is 30.7 Å². The minimum Gasteiger partial charge on any atom is -0.384 e. The third-order valence-electron chi connectivity index (χ3n) is 1.09. The van der Waals surface area contributed by atoms with Crippen molar-refractivity contribution in [1.29, 1.82) is 0 Å². The average molecular weight is 262 g/mol. The van der Waals surface area contributed by atoms with Gasteiger partial charge in [0.1, 0.15) is 10.4 Å². The Morgan fingerprint density at radius 3 is 2.46 bits per heavy atom. The number of hydrogen-bond donors (Lipinski definition) is 1. The third-order valence-corrected chi connectivity index (χ3v) is 2.48. The molecule has 1 aromatic rings. The van der Waals surface area contributed by atoms with Gasteiger partial charge in [0.15, 0.2) is 5.16 Å². The molecule has 0 amide bonds. The van der Waals surface area contributed by atoms with Crippen molar-refractivity contribution in [1.82, 2.24) is 9.97 Å². The van der Waals surface area contributed by atoms with Crippen molar-refractivity contribution in [3.63, 3.8) is 0 Å². The van der Waals surface area contributed by atoms with Gasteiger partial charge in [-0.05, 0) is 15.9 Å². The molecular formula is C8H12BrN3S. The lowest BCUT2D eigenvalue weighted by Crippen LogP contribution is -2.08. The summed E-state index contributed by atoms with van der Waals surface area (Å²) < 4.78 is 0.833. The molecule has 0 atom stereocenters. The van der Waals surface area contributed by atoms with Gasteiger partial charge in [-0.25, -0.2) is 9.97 Å². The summed E-state index contributed by atoms with van der Waals surface area (Å²) >= 11 is 4.87. The predicted molar refractivity (Wildman–Crippen MR) is 59.8 cm³/mol. The summed E-state index contributed by atoms with van der Waals surface area (Å²) in [4.78, 5) is 8.33. The number of anilines is 1. The lowest BCUT2D eigenvalue weighted by Gasteiger charge is -2.15. The first kappa shape index (κ1) is 10.8. The maximum atomic E-state index is 5.58. The van der Waals surface area contributed by atoms with Gasteiger partial charge in [0, 0.05) is 10.8 Å². The first-order valence-corrected chi connectivity index (χ1v) is 5.47. The first-order valence-electron chi connectivity index (χ1n) is 3.86. The molecule has 72 valence electrons. The van der Waals surface area contributed by atoms with Crippen molar-refractivity contribution in [2.75, 3.05) is 5.73 Å². The molecule has 0 spiro atoms. The molecule has 1 aromatic heterocycles. The van der Waals surface area contributed by atoms with Crippen LogP contribution in [0.15, 0.2) is 15.8 Å². The smallest absolute Gasteiger partial charge is 0.191 e. The Bertz CT molecular complexity index is 288. The van der Waals surface area contributed by atoms with Gasteiger partial charge in [-0.3, -0.25) is 0 Å². The van der Waals surface area contributed by atoms with Crippen LogP contribution in [0.4, 0.5) is 5.82 Å². The second-order valence-electron chi connectivity index (χ2n) is 3.61. The quantitative estimate of drug-likeness (QED) is 0.480. The number of nitrogens with two attached hydrogens (primary N) is 1. The summed E-state index contributed by atoms with van der Waals surface area (Å²) in [6, 6.07) is 1.69. The van der Waals surface area contributed by atoms with E-state index in [2.05, 4.69) is 46.7 Å². The molecule has 0 aromatic carbocycles. The molecule has 2 N–H and O–H groups in total. The monoisotopic (exact) mass is 261 g/mol. The van der Waals surface area contributed by atoms with E-state index in [4.69, 9.17) is 5.73 Å². The van der Waals surface area contributed by atoms with Crippen LogP contribution in [-0.4, -0.2) is 14.7 Å². The zero-order valence-electron chi connectivity index (χ0n) is 7.84. The van der Waals surface area contributed by atoms with E-state index in [-0.39, 0.29) is 4.75 Å². The average Bonchev–Trinajstić information content (AvgIpc) is 1.78. The second kappa shape index (κ2) is 3.84. The molecule has 0 radical (unpaired) electrons. The van der Waals surface area contributed by atoms with Gasteiger partial charge in [-0.2, -0.15) is 0 Å². The van der Waals surface area contributed by atoms with Gasteiger partial charge < -0.3 is 5.73 Å². The van der Waals surface area contributed by atoms with Gasteiger partial charge in [0.25, 0.3) is 0 Å². The number of nitrogen functional groups attached to an aromatic ring is 1. The minimum atomic E-state index is 0.104. The Morgan fingerprint density at radius 2 is 2.00 bits per heavy atom. The zero-order valence-corrected chi connectivity index (χ0v) is 10.2. The van der Waals surface area contributed by atoms with Crippen molar-refractivity contribution >= 4 is 33.5 Å². The number of aromatic nitrogens is 2. The standard InChI is InChI=1S/C8H12BrN3S/c1-8(2,3)13-7-11-5(9)4-6(10)12-7/h4H,1-3H3,(H2,10,11,12). The van der Waals surface area contributed by atoms with Crippen LogP contribution in [0.5, 0.6) is 0 Å². The molecule has 5 heteroatoms. The van der Waals surface area contributed by atoms with Crippen molar-refractivity contribution in [2.24, 2.45) is 0 Å². The SMILES string of the molecule is CC(C)(C)Sc1nc(N)cc(Br)n1. The fourth-order valence-electron chi connectivity index (χ4n) is 0.733. The van der Waals surface area contributed by atoms with Crippen LogP contribution < -0.4 is 5.73 Å². The Kier molecular flexibility index (Phi) is 3.18. The molecule has 0 aliphatic rings. The van der Waals surface area contributed by atoms with E-state index < -0.39 is 0 Å². The van der Waals surface area contributed by atoms with E-state index in [0.717, 1.165) is 4.60 Å². The third kappa shape index (κ3) is 3.95. The second-order valence-corrected chi connectivity index (χ2v) is 6.22. The van der Waals surface area contributed by atoms with Crippen molar-refractivity contribution < 1.29 is 0 Å². The van der Waals surface area contributed by atoms with Gasteiger partial charge >= 0.3 is 0 Å². The highest BCUT2D eigenvalue weighted by Gasteiger charge is 2.14. The molecule has 0 saturated carbocycles. The molecule has 3 nitrogen and oxygen atoms in total. The number of rotatable bonds is 1. The number of thioether (sulfide) groups is 1. The molecule has 0 fully saturated rings. The zero-order chi connectivity index (χ0) is 10.1. The van der Waals surface area contributed by atoms with Crippen LogP contribution in [-0.2, 0) is 0 Å². The lowest BCUT2D eigenvalue weighted by atomic mass is 10.3. The van der Waals surface area contributed by atoms with E-state index in [1.807, 2.05) is 0 Å². The number of nitrogens with zero attached hydrogens (tertiary/aromatic N) is 2. The summed E-state index contributed by atoms with van der Waals surface area (Å²) in [6.07, 6.45) is 0. The summed E-state index contributed by atoms with van der Waals surface area (Å²) in [7, 11) is 0. The minimum absolute atomic E-state index is 0.104. The van der Waals surface area contributed by atoms with Gasteiger partial charge in [-0.1, -0.05) is 32.5 Å². The highest BCUT2D eigenvalue weighted by molar-refractivity contribution is 9.10. The fraction of sp³-hybridized carbons (Fsp3) is 0.500. The number of hydrogen-bond acceptors (Lipinski definition) is 4. The van der Waals surface area contributed by atoms with Crippen LogP contribution in [0, 0.1) is 0 Å². The van der Waals surface area contributed by atoms with Crippen LogP contribution in [0.25, 0.3) is 0 Å². The molecule has 0 saturated heterocycles. The van der Waals surface area contributed by atoms with Crippen LogP contribution >= 0.6 is 27.7 Å². The van der Waals surface area contributed by atoms with Crippen LogP contribution in [0.2, 0.25) is 0 Å². The maximum absolute atomic E-state index is 5.58. The summed E-state index contributed by atoms with van der Waals surface area (Å²) in [6.45, 7) is 6.33. The Labute approximate surface area is 90.7 Å². The van der Waals surface area contributed by atoms with Crippen LogP contribution in [0.3, 0.4) is 0 Å².